The Morgan fingerprint density at radius 1 is 1.33 bits per heavy atom. The van der Waals surface area contributed by atoms with Crippen LogP contribution in [0, 0.1) is 0 Å². The molecule has 0 atom stereocenters. The fourth-order valence-electron chi connectivity index (χ4n) is 2.59. The highest BCUT2D eigenvalue weighted by atomic mass is 35.5. The van der Waals surface area contributed by atoms with Gasteiger partial charge < -0.3 is 10.5 Å². The molecule has 1 saturated carbocycles. The lowest BCUT2D eigenvalue weighted by molar-refractivity contribution is 0.252. The van der Waals surface area contributed by atoms with E-state index >= 15 is 0 Å². The van der Waals surface area contributed by atoms with Gasteiger partial charge in [-0.2, -0.15) is 0 Å². The molecule has 1 aromatic rings. The van der Waals surface area contributed by atoms with Crippen LogP contribution in [0.5, 0.6) is 5.75 Å². The third-order valence-corrected chi connectivity index (χ3v) is 3.89. The molecule has 0 saturated heterocycles. The fraction of sp³-hybridized carbons (Fsp3) is 0.500. The third-order valence-electron chi connectivity index (χ3n) is 3.57. The van der Waals surface area contributed by atoms with Crippen molar-refractivity contribution in [3.8, 4) is 5.75 Å². The van der Waals surface area contributed by atoms with Crippen molar-refractivity contribution in [1.82, 2.24) is 0 Å². The van der Waals surface area contributed by atoms with Gasteiger partial charge in [0.1, 0.15) is 5.75 Å². The second-order valence-corrected chi connectivity index (χ2v) is 4.91. The third kappa shape index (κ3) is 1.28. The van der Waals surface area contributed by atoms with Gasteiger partial charge in [0.15, 0.2) is 0 Å². The Bertz CT molecular complexity index is 412. The van der Waals surface area contributed by atoms with Gasteiger partial charge in [0.05, 0.1) is 6.61 Å². The first kappa shape index (κ1) is 9.49. The maximum Gasteiger partial charge on any atom is 0.123 e. The Labute approximate surface area is 94.4 Å². The summed E-state index contributed by atoms with van der Waals surface area (Å²) in [4.78, 5) is 0. The molecule has 80 valence electrons. The van der Waals surface area contributed by atoms with Crippen LogP contribution in [0.15, 0.2) is 12.1 Å². The van der Waals surface area contributed by atoms with Crippen molar-refractivity contribution in [2.75, 3.05) is 6.61 Å². The Hall–Kier alpha value is -0.730. The Kier molecular flexibility index (Phi) is 1.98. The van der Waals surface area contributed by atoms with Crippen LogP contribution in [-0.2, 0) is 12.0 Å². The summed E-state index contributed by atoms with van der Waals surface area (Å²) in [7, 11) is 0. The predicted molar refractivity (Wildman–Crippen MR) is 60.4 cm³/mol. The molecule has 1 aliphatic heterocycles. The fourth-order valence-corrected chi connectivity index (χ4v) is 2.96. The molecular weight excluding hydrogens is 210 g/mol. The molecule has 2 nitrogen and oxygen atoms in total. The minimum atomic E-state index is -0.184. The summed E-state index contributed by atoms with van der Waals surface area (Å²) in [6.45, 7) is 0.763. The summed E-state index contributed by atoms with van der Waals surface area (Å²) in [6.07, 6.45) is 4.24. The topological polar surface area (TPSA) is 35.2 Å². The highest BCUT2D eigenvalue weighted by Crippen LogP contribution is 2.46. The number of fused-ring (bicyclic) bond motifs is 1. The number of rotatable bonds is 1. The number of halogens is 1. The average Bonchev–Trinajstić information content (AvgIpc) is 2.62. The van der Waals surface area contributed by atoms with Crippen LogP contribution in [0.1, 0.15) is 30.4 Å². The summed E-state index contributed by atoms with van der Waals surface area (Å²) < 4.78 is 5.54. The first-order valence-electron chi connectivity index (χ1n) is 5.44. The van der Waals surface area contributed by atoms with Gasteiger partial charge in [-0.15, -0.1) is 0 Å². The van der Waals surface area contributed by atoms with Crippen molar-refractivity contribution in [2.24, 2.45) is 5.73 Å². The molecule has 0 aromatic heterocycles. The minimum absolute atomic E-state index is 0.184. The van der Waals surface area contributed by atoms with Crippen molar-refractivity contribution in [3.05, 3.63) is 28.3 Å². The number of benzene rings is 1. The number of ether oxygens (including phenoxy) is 1. The van der Waals surface area contributed by atoms with E-state index in [4.69, 9.17) is 22.1 Å². The van der Waals surface area contributed by atoms with Gasteiger partial charge in [0.2, 0.25) is 0 Å². The summed E-state index contributed by atoms with van der Waals surface area (Å²) in [5, 5.41) is 0.807. The van der Waals surface area contributed by atoms with Crippen LogP contribution >= 0.6 is 11.6 Å². The largest absolute Gasteiger partial charge is 0.493 e. The smallest absolute Gasteiger partial charge is 0.123 e. The van der Waals surface area contributed by atoms with Gasteiger partial charge in [-0.1, -0.05) is 11.6 Å². The number of hydrogen-bond donors (Lipinski definition) is 1. The summed E-state index contributed by atoms with van der Waals surface area (Å²) in [5.41, 5.74) is 8.56. The molecule has 1 heterocycles. The monoisotopic (exact) mass is 223 g/mol. The quantitative estimate of drug-likeness (QED) is 0.795. The van der Waals surface area contributed by atoms with E-state index in [1.807, 2.05) is 12.1 Å². The van der Waals surface area contributed by atoms with E-state index in [0.717, 1.165) is 42.2 Å². The molecular formula is C12H14ClNO. The lowest BCUT2D eigenvalue weighted by Gasteiger charge is -2.40. The molecule has 1 aliphatic carbocycles. The van der Waals surface area contributed by atoms with Crippen molar-refractivity contribution in [2.45, 2.75) is 31.2 Å². The van der Waals surface area contributed by atoms with Crippen molar-refractivity contribution < 1.29 is 4.74 Å². The van der Waals surface area contributed by atoms with E-state index in [1.165, 1.54) is 12.0 Å². The molecule has 2 N–H and O–H groups in total. The van der Waals surface area contributed by atoms with Crippen LogP contribution in [0.2, 0.25) is 5.02 Å². The molecule has 1 aromatic carbocycles. The van der Waals surface area contributed by atoms with E-state index in [0.29, 0.717) is 0 Å². The van der Waals surface area contributed by atoms with Crippen LogP contribution in [0.4, 0.5) is 0 Å². The highest BCUT2D eigenvalue weighted by Gasteiger charge is 2.39. The Morgan fingerprint density at radius 3 is 2.80 bits per heavy atom. The number of hydrogen-bond acceptors (Lipinski definition) is 2. The van der Waals surface area contributed by atoms with E-state index in [-0.39, 0.29) is 5.54 Å². The van der Waals surface area contributed by atoms with Crippen LogP contribution in [0.3, 0.4) is 0 Å². The second kappa shape index (κ2) is 3.13. The lowest BCUT2D eigenvalue weighted by Crippen LogP contribution is -2.44. The molecule has 0 radical (unpaired) electrons. The van der Waals surface area contributed by atoms with Gasteiger partial charge in [-0.05, 0) is 37.0 Å². The predicted octanol–water partition coefficient (Wildman–Crippen LogP) is 2.61. The SMILES string of the molecule is NC1(c2c(Cl)ccc3c2CCO3)CCC1. The normalized spacial score (nSPS) is 21.7. The Morgan fingerprint density at radius 2 is 2.13 bits per heavy atom. The molecule has 0 bridgehead atoms. The van der Waals surface area contributed by atoms with E-state index < -0.39 is 0 Å². The molecule has 3 heteroatoms. The maximum atomic E-state index is 6.36. The second-order valence-electron chi connectivity index (χ2n) is 4.51. The van der Waals surface area contributed by atoms with Crippen molar-refractivity contribution in [3.63, 3.8) is 0 Å². The first-order chi connectivity index (χ1) is 7.21. The van der Waals surface area contributed by atoms with Gasteiger partial charge in [-0.25, -0.2) is 0 Å². The standard InChI is InChI=1S/C12H14ClNO/c13-9-2-3-10-8(4-7-15-10)11(9)12(14)5-1-6-12/h2-3H,1,4-7,14H2. The maximum absolute atomic E-state index is 6.36. The minimum Gasteiger partial charge on any atom is -0.493 e. The molecule has 0 amide bonds. The molecule has 0 unspecified atom stereocenters. The van der Waals surface area contributed by atoms with E-state index in [1.54, 1.807) is 0 Å². The first-order valence-corrected chi connectivity index (χ1v) is 5.82. The van der Waals surface area contributed by atoms with Crippen molar-refractivity contribution in [1.29, 1.82) is 0 Å². The molecule has 0 spiro atoms. The van der Waals surface area contributed by atoms with Crippen LogP contribution in [-0.4, -0.2) is 6.61 Å². The Balaban J connectivity index is 2.17. The van der Waals surface area contributed by atoms with Crippen molar-refractivity contribution >= 4 is 11.6 Å². The highest BCUT2D eigenvalue weighted by molar-refractivity contribution is 6.31. The van der Waals surface area contributed by atoms with Crippen LogP contribution < -0.4 is 10.5 Å². The zero-order valence-corrected chi connectivity index (χ0v) is 9.31. The van der Waals surface area contributed by atoms with Gasteiger partial charge in [0, 0.05) is 22.5 Å². The summed E-state index contributed by atoms with van der Waals surface area (Å²) in [5.74, 6) is 0.978. The lowest BCUT2D eigenvalue weighted by atomic mass is 9.71. The van der Waals surface area contributed by atoms with Gasteiger partial charge in [0.25, 0.3) is 0 Å². The van der Waals surface area contributed by atoms with Crippen LogP contribution in [0.25, 0.3) is 0 Å². The number of nitrogens with two attached hydrogens (primary N) is 1. The molecule has 3 rings (SSSR count). The van der Waals surface area contributed by atoms with Gasteiger partial charge in [-0.3, -0.25) is 0 Å². The molecule has 2 aliphatic rings. The average molecular weight is 224 g/mol. The van der Waals surface area contributed by atoms with E-state index in [2.05, 4.69) is 0 Å². The zero-order valence-electron chi connectivity index (χ0n) is 8.55. The summed E-state index contributed by atoms with van der Waals surface area (Å²) >= 11 is 6.27. The van der Waals surface area contributed by atoms with E-state index in [9.17, 15) is 0 Å². The van der Waals surface area contributed by atoms with Gasteiger partial charge >= 0.3 is 0 Å². The molecule has 1 fully saturated rings. The molecule has 15 heavy (non-hydrogen) atoms. The summed E-state index contributed by atoms with van der Waals surface area (Å²) in [6, 6.07) is 3.87. The zero-order chi connectivity index (χ0) is 10.5.